The number of H-pyrrole nitrogens is 1. The van der Waals surface area contributed by atoms with Gasteiger partial charge in [-0.15, -0.1) is 0 Å². The zero-order chi connectivity index (χ0) is 27.7. The van der Waals surface area contributed by atoms with Crippen LogP contribution in [0.2, 0.25) is 0 Å². The van der Waals surface area contributed by atoms with Gasteiger partial charge >= 0.3 is 12.2 Å². The number of hydrogen-bond acceptors (Lipinski definition) is 5. The second kappa shape index (κ2) is 9.96. The zero-order valence-corrected chi connectivity index (χ0v) is 19.3. The van der Waals surface area contributed by atoms with Crippen molar-refractivity contribution < 1.29 is 35.9 Å². The highest BCUT2D eigenvalue weighted by atomic mass is 19.4. The Bertz CT molecular complexity index is 1690. The van der Waals surface area contributed by atoms with Gasteiger partial charge in [0.05, 0.1) is 40.4 Å². The summed E-state index contributed by atoms with van der Waals surface area (Å²) in [5, 5.41) is 10.5. The van der Waals surface area contributed by atoms with Gasteiger partial charge in [0.15, 0.2) is 11.6 Å². The second-order valence-electron chi connectivity index (χ2n) is 8.02. The lowest BCUT2D eigenvalue weighted by atomic mass is 10.2. The van der Waals surface area contributed by atoms with Crippen molar-refractivity contribution >= 4 is 28.4 Å². The van der Waals surface area contributed by atoms with Gasteiger partial charge in [-0.1, -0.05) is 6.07 Å². The minimum atomic E-state index is -4.66. The SMILES string of the molecule is O=C(Nc1cccc(C(F)(F)F)c1)Nc1cc(F)c(F)c(Oc2ccc3ncc(-c4cn[nH]c4)nc3c2)c1F. The number of aromatic amines is 1. The van der Waals surface area contributed by atoms with E-state index >= 15 is 4.39 Å². The summed E-state index contributed by atoms with van der Waals surface area (Å²) in [5.41, 5.74) is -0.311. The van der Waals surface area contributed by atoms with E-state index in [9.17, 15) is 26.7 Å². The van der Waals surface area contributed by atoms with E-state index in [-0.39, 0.29) is 11.4 Å². The third-order valence-corrected chi connectivity index (χ3v) is 5.34. The van der Waals surface area contributed by atoms with Crippen molar-refractivity contribution in [3.05, 3.63) is 90.1 Å². The Kier molecular flexibility index (Phi) is 6.52. The second-order valence-corrected chi connectivity index (χ2v) is 8.02. The molecule has 0 aliphatic carbocycles. The molecule has 0 aliphatic heterocycles. The summed E-state index contributed by atoms with van der Waals surface area (Å²) in [7, 11) is 0. The monoisotopic (exact) mass is 544 g/mol. The molecule has 2 aromatic heterocycles. The molecule has 198 valence electrons. The Morgan fingerprint density at radius 2 is 1.74 bits per heavy atom. The largest absolute Gasteiger partial charge is 0.451 e. The van der Waals surface area contributed by atoms with Crippen molar-refractivity contribution in [1.82, 2.24) is 20.2 Å². The highest BCUT2D eigenvalue weighted by Gasteiger charge is 2.30. The number of nitrogens with zero attached hydrogens (tertiary/aromatic N) is 3. The quantitative estimate of drug-likeness (QED) is 0.165. The lowest BCUT2D eigenvalue weighted by molar-refractivity contribution is -0.137. The predicted octanol–water partition coefficient (Wildman–Crippen LogP) is 6.89. The van der Waals surface area contributed by atoms with Gasteiger partial charge in [-0.05, 0) is 30.3 Å². The van der Waals surface area contributed by atoms with Gasteiger partial charge < -0.3 is 15.4 Å². The number of nitrogens with one attached hydrogen (secondary N) is 3. The summed E-state index contributed by atoms with van der Waals surface area (Å²) in [4.78, 5) is 20.9. The summed E-state index contributed by atoms with van der Waals surface area (Å²) in [6.45, 7) is 0. The van der Waals surface area contributed by atoms with Gasteiger partial charge in [0.1, 0.15) is 5.75 Å². The number of carbonyl (C=O) groups excluding carboxylic acids is 1. The van der Waals surface area contributed by atoms with E-state index in [1.807, 2.05) is 5.32 Å². The molecule has 0 unspecified atom stereocenters. The Morgan fingerprint density at radius 3 is 2.49 bits per heavy atom. The standard InChI is InChI=1S/C25H14F6N6O2/c26-16-8-19(37-24(38)35-14-3-1-2-13(6-14)25(29,30)31)22(28)23(21(16)27)39-15-4-5-17-18(7-15)36-20(11-32-17)12-9-33-34-10-12/h1-11H,(H,33,34)(H2,35,37,38). The first-order valence-electron chi connectivity index (χ1n) is 10.9. The number of carbonyl (C=O) groups is 1. The Labute approximate surface area is 214 Å². The van der Waals surface area contributed by atoms with Crippen LogP contribution in [0.4, 0.5) is 42.5 Å². The molecule has 0 radical (unpaired) electrons. The summed E-state index contributed by atoms with van der Waals surface area (Å²) >= 11 is 0. The van der Waals surface area contributed by atoms with Crippen LogP contribution in [-0.4, -0.2) is 26.2 Å². The zero-order valence-electron chi connectivity index (χ0n) is 19.3. The van der Waals surface area contributed by atoms with Gasteiger partial charge in [-0.2, -0.15) is 22.7 Å². The minimum Gasteiger partial charge on any atom is -0.451 e. The molecule has 0 spiro atoms. The number of halogens is 6. The molecule has 2 amide bonds. The molecule has 5 rings (SSSR count). The third kappa shape index (κ3) is 5.44. The summed E-state index contributed by atoms with van der Waals surface area (Å²) in [5.74, 6) is -5.98. The summed E-state index contributed by atoms with van der Waals surface area (Å²) < 4.78 is 87.9. The molecule has 3 N–H and O–H groups in total. The molecule has 39 heavy (non-hydrogen) atoms. The topological polar surface area (TPSA) is 105 Å². The van der Waals surface area contributed by atoms with E-state index < -0.39 is 46.7 Å². The molecule has 8 nitrogen and oxygen atoms in total. The van der Waals surface area contributed by atoms with Gasteiger partial charge in [0, 0.05) is 29.6 Å². The maximum Gasteiger partial charge on any atom is 0.416 e. The van der Waals surface area contributed by atoms with Crippen molar-refractivity contribution in [3.8, 4) is 22.8 Å². The van der Waals surface area contributed by atoms with Crippen LogP contribution in [0.15, 0.2) is 67.1 Å². The van der Waals surface area contributed by atoms with Gasteiger partial charge in [-0.3, -0.25) is 10.1 Å². The molecule has 2 heterocycles. The van der Waals surface area contributed by atoms with Crippen LogP contribution < -0.4 is 15.4 Å². The Hall–Kier alpha value is -5.14. The number of amides is 2. The van der Waals surface area contributed by atoms with E-state index in [2.05, 4.69) is 25.5 Å². The number of aromatic nitrogens is 4. The van der Waals surface area contributed by atoms with Crippen molar-refractivity contribution in [1.29, 1.82) is 0 Å². The fraction of sp³-hybridized carbons (Fsp3) is 0.0400. The van der Waals surface area contributed by atoms with Crippen LogP contribution in [0.25, 0.3) is 22.3 Å². The highest BCUT2D eigenvalue weighted by Crippen LogP contribution is 2.35. The molecule has 0 fully saturated rings. The summed E-state index contributed by atoms with van der Waals surface area (Å²) in [6, 6.07) is 6.92. The molecule has 0 saturated heterocycles. The lowest BCUT2D eigenvalue weighted by Crippen LogP contribution is -2.21. The van der Waals surface area contributed by atoms with Crippen molar-refractivity contribution in [2.24, 2.45) is 0 Å². The molecular weight excluding hydrogens is 530 g/mol. The van der Waals surface area contributed by atoms with Crippen LogP contribution in [0.1, 0.15) is 5.56 Å². The van der Waals surface area contributed by atoms with Crippen molar-refractivity contribution in [2.75, 3.05) is 10.6 Å². The van der Waals surface area contributed by atoms with Crippen LogP contribution in [0.3, 0.4) is 0 Å². The molecule has 0 atom stereocenters. The molecule has 5 aromatic rings. The first-order valence-corrected chi connectivity index (χ1v) is 10.9. The third-order valence-electron chi connectivity index (χ3n) is 5.34. The van der Waals surface area contributed by atoms with Crippen LogP contribution >= 0.6 is 0 Å². The molecule has 3 aromatic carbocycles. The maximum absolute atomic E-state index is 15.1. The molecule has 0 saturated carbocycles. The predicted molar refractivity (Wildman–Crippen MR) is 128 cm³/mol. The molecule has 0 bridgehead atoms. The van der Waals surface area contributed by atoms with Gasteiger partial charge in [0.25, 0.3) is 0 Å². The number of hydrogen-bond donors (Lipinski definition) is 3. The smallest absolute Gasteiger partial charge is 0.416 e. The molecule has 14 heteroatoms. The number of benzene rings is 3. The fourth-order valence-corrected chi connectivity index (χ4v) is 3.52. The Balaban J connectivity index is 1.39. The average molecular weight is 544 g/mol. The van der Waals surface area contributed by atoms with Gasteiger partial charge in [0.2, 0.25) is 11.6 Å². The van der Waals surface area contributed by atoms with Crippen molar-refractivity contribution in [3.63, 3.8) is 0 Å². The lowest BCUT2D eigenvalue weighted by Gasteiger charge is -2.14. The molecular formula is C25H14F6N6O2. The van der Waals surface area contributed by atoms with Gasteiger partial charge in [-0.25, -0.2) is 18.6 Å². The number of fused-ring (bicyclic) bond motifs is 1. The number of rotatable bonds is 5. The first kappa shape index (κ1) is 25.5. The Morgan fingerprint density at radius 1 is 0.923 bits per heavy atom. The minimum absolute atomic E-state index is 0.121. The fourth-order valence-electron chi connectivity index (χ4n) is 3.52. The van der Waals surface area contributed by atoms with Crippen LogP contribution in [0, 0.1) is 17.5 Å². The number of ether oxygens (including phenoxy) is 1. The van der Waals surface area contributed by atoms with E-state index in [0.29, 0.717) is 34.4 Å². The highest BCUT2D eigenvalue weighted by molar-refractivity contribution is 6.00. The number of alkyl halides is 3. The van der Waals surface area contributed by atoms with E-state index in [0.717, 1.165) is 18.2 Å². The summed E-state index contributed by atoms with van der Waals surface area (Å²) in [6.07, 6.45) is -0.0550. The van der Waals surface area contributed by atoms with Crippen LogP contribution in [-0.2, 0) is 6.18 Å². The van der Waals surface area contributed by atoms with E-state index in [1.165, 1.54) is 30.6 Å². The van der Waals surface area contributed by atoms with E-state index in [1.54, 1.807) is 6.20 Å². The van der Waals surface area contributed by atoms with Crippen LogP contribution in [0.5, 0.6) is 11.5 Å². The number of anilines is 2. The normalized spacial score (nSPS) is 11.4. The van der Waals surface area contributed by atoms with Crippen molar-refractivity contribution in [2.45, 2.75) is 6.18 Å². The van der Waals surface area contributed by atoms with E-state index in [4.69, 9.17) is 4.74 Å². The maximum atomic E-state index is 15.1. The molecule has 0 aliphatic rings. The number of urea groups is 1. The first-order chi connectivity index (χ1) is 18.6. The average Bonchev–Trinajstić information content (AvgIpc) is 3.44.